The van der Waals surface area contributed by atoms with Gasteiger partial charge in [-0.1, -0.05) is 194 Å². The predicted molar refractivity (Wildman–Crippen MR) is 474 cm³/mol. The minimum absolute atomic E-state index is 0.0234. The molecule has 4 aromatic carbocycles. The molecule has 4 N–H and O–H groups in total. The predicted octanol–water partition coefficient (Wildman–Crippen LogP) is 22.3. The normalized spacial score (nSPS) is 18.5. The summed E-state index contributed by atoms with van der Waals surface area (Å²) in [5.74, 6) is -0.193. The van der Waals surface area contributed by atoms with Gasteiger partial charge in [-0.2, -0.15) is 13.2 Å². The van der Waals surface area contributed by atoms with Crippen molar-refractivity contribution in [1.29, 1.82) is 0 Å². The van der Waals surface area contributed by atoms with Crippen LogP contribution in [-0.2, 0) is 46.8 Å². The molecule has 4 atom stereocenters. The third-order valence-corrected chi connectivity index (χ3v) is 24.8. The fourth-order valence-electron chi connectivity index (χ4n) is 17.1. The van der Waals surface area contributed by atoms with Crippen LogP contribution in [0.1, 0.15) is 275 Å². The van der Waals surface area contributed by atoms with Gasteiger partial charge in [0.15, 0.2) is 0 Å². The maximum Gasteiger partial charge on any atom is 0.416 e. The van der Waals surface area contributed by atoms with Crippen molar-refractivity contribution in [2.45, 2.75) is 328 Å². The lowest BCUT2D eigenvalue weighted by atomic mass is 9.77. The highest BCUT2D eigenvalue weighted by Gasteiger charge is 2.43. The van der Waals surface area contributed by atoms with Crippen molar-refractivity contribution in [1.82, 2.24) is 24.9 Å². The quantitative estimate of drug-likeness (QED) is 0.0261. The smallest absolute Gasteiger partial charge is 0.416 e. The van der Waals surface area contributed by atoms with E-state index < -0.39 is 34.1 Å². The van der Waals surface area contributed by atoms with E-state index in [0.29, 0.717) is 44.4 Å². The Hall–Kier alpha value is -5.28. The molecule has 654 valence electrons. The zero-order valence-corrected chi connectivity index (χ0v) is 76.3. The lowest BCUT2D eigenvalue weighted by Gasteiger charge is -2.45. The van der Waals surface area contributed by atoms with E-state index in [-0.39, 0.29) is 45.7 Å². The van der Waals surface area contributed by atoms with Crippen molar-refractivity contribution < 1.29 is 56.6 Å². The molecule has 18 heteroatoms. The standard InChI is InChI=1S/C29H45F3N2O2.C23H36ClNO2.C23H36FNO2.C23H37NO2/c1-8-9-14-28(36-26(35)33-22(4)5)15-17-34(18-16-28)25(19-21(2)3)20-27(6,7)23-10-12-24(13-11-23)29(30,31)32;2*1-18(2)16-21(17-22(3,4)19-6-8-20(24)9-7-19)25-13-10-23(26,11-14-25)12-15-27-5;1-19(2)17-21(18-22(3,4)20-9-7-6-8-10-20)24-14-11-23(25,12-15-24)13-16-26-5/h10-13,19,22,25H,8-9,14-18,20H2,1-7H3,(H,33,35);2*6-9,16,21,26H,10-15,17H2,1-5H3;6-10,17,21,25H,11-16,18H2,1-5H3. The van der Waals surface area contributed by atoms with Crippen LogP contribution in [0.2, 0.25) is 5.02 Å². The van der Waals surface area contributed by atoms with Gasteiger partial charge in [-0.25, -0.2) is 9.18 Å². The summed E-state index contributed by atoms with van der Waals surface area (Å²) in [4.78, 5) is 22.5. The number of carbonyl (C=O) groups is 1. The zero-order valence-electron chi connectivity index (χ0n) is 75.6. The van der Waals surface area contributed by atoms with Crippen molar-refractivity contribution >= 4 is 17.7 Å². The molecule has 4 aromatic rings. The molecule has 4 fully saturated rings. The number of hydrogen-bond donors (Lipinski definition) is 4. The Morgan fingerprint density at radius 3 is 1.00 bits per heavy atom. The molecular weight excluding hydrogens is 1490 g/mol. The lowest BCUT2D eigenvalue weighted by Crippen LogP contribution is -2.52. The minimum Gasteiger partial charge on any atom is -0.443 e. The van der Waals surface area contributed by atoms with Gasteiger partial charge >= 0.3 is 12.3 Å². The number of likely N-dealkylation sites (tertiary alicyclic amines) is 4. The molecule has 4 aliphatic heterocycles. The second-order valence-corrected chi connectivity index (χ2v) is 38.5. The first-order valence-electron chi connectivity index (χ1n) is 43.2. The first-order chi connectivity index (χ1) is 54.2. The number of rotatable bonds is 34. The Labute approximate surface area is 704 Å². The van der Waals surface area contributed by atoms with Crippen LogP contribution in [0.15, 0.2) is 150 Å². The van der Waals surface area contributed by atoms with Crippen LogP contribution in [0.3, 0.4) is 0 Å². The number of carbonyl (C=O) groups excluding carboxylic acids is 1. The highest BCUT2D eigenvalue weighted by Crippen LogP contribution is 2.42. The fourth-order valence-corrected chi connectivity index (χ4v) is 17.3. The summed E-state index contributed by atoms with van der Waals surface area (Å²) in [7, 11) is 5.08. The molecule has 0 radical (unpaired) electrons. The molecule has 13 nitrogen and oxygen atoms in total. The van der Waals surface area contributed by atoms with Crippen LogP contribution in [0.25, 0.3) is 0 Å². The third kappa shape index (κ3) is 34.3. The number of halogens is 5. The van der Waals surface area contributed by atoms with E-state index in [1.54, 1.807) is 45.6 Å². The maximum absolute atomic E-state index is 13.3. The van der Waals surface area contributed by atoms with Gasteiger partial charge in [0.1, 0.15) is 11.4 Å². The maximum atomic E-state index is 13.3. The van der Waals surface area contributed by atoms with Crippen molar-refractivity contribution in [3.8, 4) is 0 Å². The van der Waals surface area contributed by atoms with Gasteiger partial charge in [-0.05, 0) is 246 Å². The van der Waals surface area contributed by atoms with Crippen LogP contribution in [0, 0.1) is 5.82 Å². The number of nitrogens with one attached hydrogen (secondary N) is 1. The number of nitrogens with zero attached hydrogens (tertiary/aromatic N) is 4. The van der Waals surface area contributed by atoms with E-state index >= 15 is 0 Å². The van der Waals surface area contributed by atoms with E-state index in [0.717, 1.165) is 178 Å². The number of ether oxygens (including phenoxy) is 4. The Kier molecular flexibility index (Phi) is 40.7. The van der Waals surface area contributed by atoms with Gasteiger partial charge in [0.05, 0.1) is 22.4 Å². The molecule has 1 amide bonds. The molecule has 8 rings (SSSR count). The summed E-state index contributed by atoms with van der Waals surface area (Å²) in [6, 6.07) is 32.7. The van der Waals surface area contributed by atoms with Gasteiger partial charge in [-0.3, -0.25) is 19.6 Å². The molecule has 4 heterocycles. The highest BCUT2D eigenvalue weighted by molar-refractivity contribution is 6.30. The van der Waals surface area contributed by atoms with Crippen molar-refractivity contribution in [2.75, 3.05) is 93.5 Å². The Morgan fingerprint density at radius 1 is 0.448 bits per heavy atom. The number of allylic oxidation sites excluding steroid dienone is 4. The number of methoxy groups -OCH3 is 3. The highest BCUT2D eigenvalue weighted by atomic mass is 35.5. The summed E-state index contributed by atoms with van der Waals surface area (Å²) < 4.78 is 74.0. The third-order valence-electron chi connectivity index (χ3n) is 24.6. The largest absolute Gasteiger partial charge is 0.443 e. The molecule has 0 aliphatic carbocycles. The number of unbranched alkanes of at least 4 members (excludes halogenated alkanes) is 1. The molecule has 116 heavy (non-hydrogen) atoms. The molecular formula is C98H154ClF4N5O8. The van der Waals surface area contributed by atoms with Gasteiger partial charge < -0.3 is 39.6 Å². The van der Waals surface area contributed by atoms with Crippen LogP contribution < -0.4 is 5.32 Å². The second-order valence-electron chi connectivity index (χ2n) is 38.1. The van der Waals surface area contributed by atoms with E-state index in [1.165, 1.54) is 45.6 Å². The van der Waals surface area contributed by atoms with Crippen LogP contribution in [0.4, 0.5) is 22.4 Å². The summed E-state index contributed by atoms with van der Waals surface area (Å²) in [6.07, 6.45) is 20.0. The van der Waals surface area contributed by atoms with E-state index in [2.05, 4.69) is 209 Å². The number of hydrogen-bond acceptors (Lipinski definition) is 12. The van der Waals surface area contributed by atoms with Crippen LogP contribution in [-0.4, -0.2) is 187 Å². The average molecular weight is 1640 g/mol. The van der Waals surface area contributed by atoms with Gasteiger partial charge in [0.2, 0.25) is 0 Å². The molecule has 0 aromatic heterocycles. The molecule has 4 unspecified atom stereocenters. The summed E-state index contributed by atoms with van der Waals surface area (Å²) >= 11 is 6.07. The van der Waals surface area contributed by atoms with Gasteiger partial charge in [-0.15, -0.1) is 0 Å². The van der Waals surface area contributed by atoms with Crippen molar-refractivity contribution in [3.63, 3.8) is 0 Å². The second kappa shape index (κ2) is 46.7. The Bertz CT molecular complexity index is 3490. The topological polar surface area (TPSA) is 140 Å². The first-order valence-corrected chi connectivity index (χ1v) is 43.6. The van der Waals surface area contributed by atoms with E-state index in [9.17, 15) is 37.7 Å². The van der Waals surface area contributed by atoms with Gasteiger partial charge in [0, 0.05) is 142 Å². The minimum atomic E-state index is -4.33. The van der Waals surface area contributed by atoms with E-state index in [4.69, 9.17) is 30.5 Å². The molecule has 0 spiro atoms. The Morgan fingerprint density at radius 2 is 0.724 bits per heavy atom. The fraction of sp³-hybridized carbons (Fsp3) is 0.663. The first kappa shape index (κ1) is 101. The number of aliphatic hydroxyl groups is 3. The number of alkyl carbamates (subject to hydrolysis) is 1. The monoisotopic (exact) mass is 1640 g/mol. The summed E-state index contributed by atoms with van der Waals surface area (Å²) in [5, 5.41) is 36.0. The summed E-state index contributed by atoms with van der Waals surface area (Å²) in [5.41, 5.74) is 6.93. The molecule has 4 saturated heterocycles. The Balaban J connectivity index is 0.000000278. The average Bonchev–Trinajstić information content (AvgIpc) is 0.817. The summed E-state index contributed by atoms with van der Waals surface area (Å²) in [6.45, 7) is 50.0. The molecule has 0 bridgehead atoms. The zero-order chi connectivity index (χ0) is 86.5. The number of piperidine rings is 4. The molecule has 0 saturated carbocycles. The number of alkyl halides is 3. The van der Waals surface area contributed by atoms with Crippen molar-refractivity contribution in [3.05, 3.63) is 188 Å². The number of amides is 1. The van der Waals surface area contributed by atoms with Crippen LogP contribution >= 0.6 is 11.6 Å². The molecule has 4 aliphatic rings. The number of benzene rings is 4. The van der Waals surface area contributed by atoms with E-state index in [1.807, 2.05) is 38.1 Å². The van der Waals surface area contributed by atoms with Crippen molar-refractivity contribution in [2.24, 2.45) is 0 Å². The van der Waals surface area contributed by atoms with Gasteiger partial charge in [0.25, 0.3) is 0 Å². The lowest BCUT2D eigenvalue weighted by molar-refractivity contribution is -0.137. The van der Waals surface area contributed by atoms with Crippen LogP contribution in [0.5, 0.6) is 0 Å². The SMILES string of the molecule is CCCCC1(OC(=O)NC(C)C)CCN(C(C=C(C)C)CC(C)(C)c2ccc(C(F)(F)F)cc2)CC1.COCCC1(O)CCN(C(C=C(C)C)CC(C)(C)c2ccc(Cl)cc2)CC1.COCCC1(O)CCN(C(C=C(C)C)CC(C)(C)c2ccc(F)cc2)CC1.COCCC1(O)CCN(C(C=C(C)C)CC(C)(C)c2ccccc2)CC1.